The monoisotopic (exact) mass is 228 g/mol. The molecule has 0 aromatic carbocycles. The highest BCUT2D eigenvalue weighted by Crippen LogP contribution is 2.28. The van der Waals surface area contributed by atoms with E-state index in [9.17, 15) is 4.79 Å². The van der Waals surface area contributed by atoms with Crippen molar-refractivity contribution in [2.75, 3.05) is 20.2 Å². The van der Waals surface area contributed by atoms with Crippen LogP contribution in [-0.4, -0.2) is 42.1 Å². The molecule has 1 atom stereocenters. The molecule has 94 valence electrons. The summed E-state index contributed by atoms with van der Waals surface area (Å²) >= 11 is 0. The van der Waals surface area contributed by atoms with Gasteiger partial charge in [0.2, 0.25) is 0 Å². The quantitative estimate of drug-likeness (QED) is 0.733. The molecule has 0 amide bonds. The van der Waals surface area contributed by atoms with Crippen molar-refractivity contribution in [1.82, 2.24) is 4.90 Å². The van der Waals surface area contributed by atoms with Gasteiger partial charge in [-0.3, -0.25) is 9.69 Å². The third kappa shape index (κ3) is 2.95. The Morgan fingerprint density at radius 3 is 2.62 bits per heavy atom. The zero-order chi connectivity index (χ0) is 12.4. The van der Waals surface area contributed by atoms with E-state index in [1.807, 2.05) is 0 Å². The maximum Gasteiger partial charge on any atom is 0.325 e. The molecule has 1 rings (SSSR count). The van der Waals surface area contributed by atoms with Gasteiger partial charge < -0.3 is 10.5 Å². The van der Waals surface area contributed by atoms with Crippen molar-refractivity contribution >= 4 is 5.97 Å². The summed E-state index contributed by atoms with van der Waals surface area (Å²) in [4.78, 5) is 13.8. The first kappa shape index (κ1) is 13.5. The minimum absolute atomic E-state index is 0.242. The zero-order valence-corrected chi connectivity index (χ0v) is 10.9. The minimum atomic E-state index is -0.868. The van der Waals surface area contributed by atoms with Gasteiger partial charge in [0.1, 0.15) is 5.54 Å². The fourth-order valence-corrected chi connectivity index (χ4v) is 2.28. The molecule has 1 aliphatic heterocycles. The van der Waals surface area contributed by atoms with Gasteiger partial charge in [-0.05, 0) is 46.6 Å². The summed E-state index contributed by atoms with van der Waals surface area (Å²) in [7, 11) is 1.38. The predicted molar refractivity (Wildman–Crippen MR) is 64.1 cm³/mol. The highest BCUT2D eigenvalue weighted by molar-refractivity contribution is 5.79. The van der Waals surface area contributed by atoms with E-state index in [1.165, 1.54) is 20.0 Å². The Labute approximate surface area is 98.1 Å². The van der Waals surface area contributed by atoms with Crippen LogP contribution in [0, 0.1) is 0 Å². The number of likely N-dealkylation sites (tertiary alicyclic amines) is 1. The van der Waals surface area contributed by atoms with E-state index in [0.717, 1.165) is 13.1 Å². The van der Waals surface area contributed by atoms with Crippen LogP contribution >= 0.6 is 0 Å². The number of hydrogen-bond donors (Lipinski definition) is 1. The van der Waals surface area contributed by atoms with Gasteiger partial charge in [-0.2, -0.15) is 0 Å². The lowest BCUT2D eigenvalue weighted by Gasteiger charge is -2.33. The lowest BCUT2D eigenvalue weighted by atomic mass is 9.97. The van der Waals surface area contributed by atoms with Crippen molar-refractivity contribution in [2.45, 2.75) is 51.1 Å². The molecule has 0 aromatic rings. The molecule has 0 aromatic heterocycles. The first-order chi connectivity index (χ1) is 7.29. The smallest absolute Gasteiger partial charge is 0.325 e. The minimum Gasteiger partial charge on any atom is -0.468 e. The molecule has 1 fully saturated rings. The van der Waals surface area contributed by atoms with Crippen molar-refractivity contribution in [2.24, 2.45) is 5.73 Å². The molecule has 0 bridgehead atoms. The average Bonchev–Trinajstić information content (AvgIpc) is 2.53. The van der Waals surface area contributed by atoms with Crippen molar-refractivity contribution in [3.63, 3.8) is 0 Å². The topological polar surface area (TPSA) is 55.6 Å². The summed E-state index contributed by atoms with van der Waals surface area (Å²) < 4.78 is 4.70. The van der Waals surface area contributed by atoms with Crippen LogP contribution in [-0.2, 0) is 9.53 Å². The van der Waals surface area contributed by atoms with Crippen molar-refractivity contribution in [3.05, 3.63) is 0 Å². The number of hydrogen-bond acceptors (Lipinski definition) is 4. The second-order valence-corrected chi connectivity index (χ2v) is 5.56. The summed E-state index contributed by atoms with van der Waals surface area (Å²) in [6.45, 7) is 8.18. The summed E-state index contributed by atoms with van der Waals surface area (Å²) in [5.41, 5.74) is 5.31. The molecule has 1 heterocycles. The van der Waals surface area contributed by atoms with E-state index in [4.69, 9.17) is 10.5 Å². The maximum absolute atomic E-state index is 11.4. The number of nitrogens with zero attached hydrogens (tertiary/aromatic N) is 1. The van der Waals surface area contributed by atoms with Gasteiger partial charge in [0.25, 0.3) is 0 Å². The van der Waals surface area contributed by atoms with Gasteiger partial charge in [-0.1, -0.05) is 0 Å². The van der Waals surface area contributed by atoms with Gasteiger partial charge in [-0.15, -0.1) is 0 Å². The van der Waals surface area contributed by atoms with E-state index < -0.39 is 5.54 Å². The molecule has 1 aliphatic rings. The van der Waals surface area contributed by atoms with E-state index in [0.29, 0.717) is 6.42 Å². The van der Waals surface area contributed by atoms with Crippen LogP contribution in [0.15, 0.2) is 0 Å². The number of rotatable bonds is 4. The number of carbonyl (C=O) groups is 1. The Morgan fingerprint density at radius 2 is 2.19 bits per heavy atom. The Balaban J connectivity index is 2.48. The SMILES string of the molecule is COC(=O)C(C)(N)CCN1CCCC1(C)C. The van der Waals surface area contributed by atoms with Crippen LogP contribution in [0.5, 0.6) is 0 Å². The van der Waals surface area contributed by atoms with Crippen LogP contribution in [0.4, 0.5) is 0 Å². The fraction of sp³-hybridized carbons (Fsp3) is 0.917. The summed E-state index contributed by atoms with van der Waals surface area (Å²) in [6, 6.07) is 0. The number of methoxy groups -OCH3 is 1. The molecule has 16 heavy (non-hydrogen) atoms. The van der Waals surface area contributed by atoms with E-state index >= 15 is 0 Å². The molecular formula is C12H24N2O2. The first-order valence-corrected chi connectivity index (χ1v) is 5.92. The first-order valence-electron chi connectivity index (χ1n) is 5.92. The summed E-state index contributed by atoms with van der Waals surface area (Å²) in [6.07, 6.45) is 3.09. The van der Waals surface area contributed by atoms with E-state index in [-0.39, 0.29) is 11.5 Å². The molecule has 0 aliphatic carbocycles. The lowest BCUT2D eigenvalue weighted by molar-refractivity contribution is -0.146. The van der Waals surface area contributed by atoms with Crippen LogP contribution in [0.25, 0.3) is 0 Å². The highest BCUT2D eigenvalue weighted by Gasteiger charge is 2.35. The van der Waals surface area contributed by atoms with Crippen molar-refractivity contribution in [1.29, 1.82) is 0 Å². The molecule has 0 radical (unpaired) electrons. The maximum atomic E-state index is 11.4. The van der Waals surface area contributed by atoms with E-state index in [1.54, 1.807) is 6.92 Å². The number of esters is 1. The van der Waals surface area contributed by atoms with Crippen molar-refractivity contribution < 1.29 is 9.53 Å². The number of ether oxygens (including phenoxy) is 1. The van der Waals surface area contributed by atoms with Crippen LogP contribution < -0.4 is 5.73 Å². The Bertz CT molecular complexity index is 262. The summed E-state index contributed by atoms with van der Waals surface area (Å²) in [5.74, 6) is -0.329. The zero-order valence-electron chi connectivity index (χ0n) is 10.9. The third-order valence-electron chi connectivity index (χ3n) is 3.63. The molecule has 4 heteroatoms. The Morgan fingerprint density at radius 1 is 1.56 bits per heavy atom. The number of nitrogens with two attached hydrogens (primary N) is 1. The fourth-order valence-electron chi connectivity index (χ4n) is 2.28. The Kier molecular flexibility index (Phi) is 3.97. The van der Waals surface area contributed by atoms with Gasteiger partial charge in [0.05, 0.1) is 7.11 Å². The average molecular weight is 228 g/mol. The molecular weight excluding hydrogens is 204 g/mol. The number of carbonyl (C=O) groups excluding carboxylic acids is 1. The molecule has 0 spiro atoms. The third-order valence-corrected chi connectivity index (χ3v) is 3.63. The largest absolute Gasteiger partial charge is 0.468 e. The van der Waals surface area contributed by atoms with Crippen LogP contribution in [0.1, 0.15) is 40.0 Å². The summed E-state index contributed by atoms with van der Waals surface area (Å²) in [5, 5.41) is 0. The van der Waals surface area contributed by atoms with Crippen LogP contribution in [0.3, 0.4) is 0 Å². The van der Waals surface area contributed by atoms with Crippen molar-refractivity contribution in [3.8, 4) is 0 Å². The molecule has 1 unspecified atom stereocenters. The highest BCUT2D eigenvalue weighted by atomic mass is 16.5. The Hall–Kier alpha value is -0.610. The van der Waals surface area contributed by atoms with Gasteiger partial charge in [0, 0.05) is 12.1 Å². The molecule has 2 N–H and O–H groups in total. The van der Waals surface area contributed by atoms with Crippen LogP contribution in [0.2, 0.25) is 0 Å². The normalized spacial score (nSPS) is 24.1. The van der Waals surface area contributed by atoms with E-state index in [2.05, 4.69) is 18.7 Å². The van der Waals surface area contributed by atoms with Gasteiger partial charge in [-0.25, -0.2) is 0 Å². The second kappa shape index (κ2) is 4.72. The standard InChI is InChI=1S/C12H24N2O2/c1-11(2)6-5-8-14(11)9-7-12(3,13)10(15)16-4/h5-9,13H2,1-4H3. The predicted octanol–water partition coefficient (Wildman–Crippen LogP) is 1.14. The molecule has 0 saturated carbocycles. The lowest BCUT2D eigenvalue weighted by Crippen LogP contribution is -2.49. The van der Waals surface area contributed by atoms with Gasteiger partial charge >= 0.3 is 5.97 Å². The molecule has 4 nitrogen and oxygen atoms in total. The second-order valence-electron chi connectivity index (χ2n) is 5.56. The molecule has 1 saturated heterocycles. The van der Waals surface area contributed by atoms with Gasteiger partial charge in [0.15, 0.2) is 0 Å².